The summed E-state index contributed by atoms with van der Waals surface area (Å²) in [5, 5.41) is 6.95. The molecular weight excluding hydrogens is 459 g/mol. The zero-order valence-electron chi connectivity index (χ0n) is 19.6. The molecule has 0 unspecified atom stereocenters. The molecule has 1 saturated heterocycles. The molecule has 0 radical (unpaired) electrons. The number of amides is 2. The van der Waals surface area contributed by atoms with Crippen molar-refractivity contribution in [2.75, 3.05) is 29.8 Å². The Hall–Kier alpha value is -2.66. The molecule has 2 heterocycles. The first-order chi connectivity index (χ1) is 16.2. The minimum absolute atomic E-state index is 0.0152. The van der Waals surface area contributed by atoms with Crippen molar-refractivity contribution in [1.82, 2.24) is 19.4 Å². The molecule has 11 heteroatoms. The molecule has 1 aromatic carbocycles. The summed E-state index contributed by atoms with van der Waals surface area (Å²) in [4.78, 5) is 14.8. The SMILES string of the molecule is CN1C[C@H](F)C[C@H]1CN(c1cnn(C)c1)S(=O)(=O)NC(=O)Nc1c2c(cc3c1CCC3)CCC2. The van der Waals surface area contributed by atoms with E-state index in [1.54, 1.807) is 25.2 Å². The van der Waals surface area contributed by atoms with Crippen LogP contribution in [0, 0.1) is 0 Å². The van der Waals surface area contributed by atoms with Gasteiger partial charge in [0.2, 0.25) is 0 Å². The predicted octanol–water partition coefficient (Wildman–Crippen LogP) is 2.31. The lowest BCUT2D eigenvalue weighted by atomic mass is 9.99. The highest BCUT2D eigenvalue weighted by atomic mass is 32.2. The third-order valence-electron chi connectivity index (χ3n) is 7.22. The number of nitrogens with one attached hydrogen (secondary N) is 2. The van der Waals surface area contributed by atoms with E-state index in [-0.39, 0.29) is 25.6 Å². The number of alkyl halides is 1. The summed E-state index contributed by atoms with van der Waals surface area (Å²) in [5.74, 6) is 0. The van der Waals surface area contributed by atoms with Gasteiger partial charge in [-0.05, 0) is 74.2 Å². The number of urea groups is 1. The molecule has 5 rings (SSSR count). The van der Waals surface area contributed by atoms with Gasteiger partial charge in [0.05, 0.1) is 18.4 Å². The van der Waals surface area contributed by atoms with Crippen molar-refractivity contribution >= 4 is 27.6 Å². The largest absolute Gasteiger partial charge is 0.334 e. The van der Waals surface area contributed by atoms with Crippen LogP contribution in [0.2, 0.25) is 0 Å². The number of rotatable bonds is 6. The fourth-order valence-electron chi connectivity index (χ4n) is 5.57. The van der Waals surface area contributed by atoms with Gasteiger partial charge in [0.1, 0.15) is 6.17 Å². The number of hydrogen-bond donors (Lipinski definition) is 2. The molecule has 1 fully saturated rings. The van der Waals surface area contributed by atoms with Crippen LogP contribution in [0.25, 0.3) is 0 Å². The van der Waals surface area contributed by atoms with E-state index in [4.69, 9.17) is 0 Å². The maximum atomic E-state index is 13.9. The second-order valence-corrected chi connectivity index (χ2v) is 11.2. The van der Waals surface area contributed by atoms with Gasteiger partial charge in [-0.2, -0.15) is 13.5 Å². The first-order valence-electron chi connectivity index (χ1n) is 11.8. The standard InChI is InChI=1S/C23H31FN6O3S/c1-28-12-17(24)10-18(28)14-30(19-11-25-29(2)13-19)34(32,33)27-23(31)26-22-20-7-3-5-15(20)9-16-6-4-8-21(16)22/h9,11,13,17-18H,3-8,10,12,14H2,1-2H3,(H2,26,27,31)/t17-,18+/m1/s1. The first-order valence-corrected chi connectivity index (χ1v) is 13.3. The van der Waals surface area contributed by atoms with Crippen LogP contribution in [0.3, 0.4) is 0 Å². The molecule has 1 aliphatic heterocycles. The van der Waals surface area contributed by atoms with E-state index < -0.39 is 22.4 Å². The summed E-state index contributed by atoms with van der Waals surface area (Å²) in [6.45, 7) is 0.269. The smallest absolute Gasteiger partial charge is 0.307 e. The summed E-state index contributed by atoms with van der Waals surface area (Å²) in [5.41, 5.74) is 5.85. The number of halogens is 1. The van der Waals surface area contributed by atoms with E-state index in [2.05, 4.69) is 21.2 Å². The topological polar surface area (TPSA) is 99.6 Å². The highest BCUT2D eigenvalue weighted by Crippen LogP contribution is 2.38. The number of aromatic nitrogens is 2. The Kier molecular flexibility index (Phi) is 6.01. The minimum atomic E-state index is -4.27. The van der Waals surface area contributed by atoms with Crippen molar-refractivity contribution in [3.8, 4) is 0 Å². The average Bonchev–Trinajstić information content (AvgIpc) is 3.53. The predicted molar refractivity (Wildman–Crippen MR) is 128 cm³/mol. The van der Waals surface area contributed by atoms with Crippen molar-refractivity contribution in [1.29, 1.82) is 0 Å². The van der Waals surface area contributed by atoms with Gasteiger partial charge < -0.3 is 5.32 Å². The lowest BCUT2D eigenvalue weighted by Gasteiger charge is -2.28. The summed E-state index contributed by atoms with van der Waals surface area (Å²) >= 11 is 0. The molecule has 9 nitrogen and oxygen atoms in total. The van der Waals surface area contributed by atoms with Crippen LogP contribution in [0.1, 0.15) is 41.5 Å². The Morgan fingerprint density at radius 2 is 1.85 bits per heavy atom. The number of carbonyl (C=O) groups is 1. The third-order valence-corrected chi connectivity index (χ3v) is 8.60. The van der Waals surface area contributed by atoms with Gasteiger partial charge in [0.15, 0.2) is 0 Å². The third kappa shape index (κ3) is 4.38. The molecular formula is C23H31FN6O3S. The number of nitrogens with zero attached hydrogens (tertiary/aromatic N) is 4. The molecule has 2 aromatic rings. The lowest BCUT2D eigenvalue weighted by molar-refractivity contribution is 0.256. The second kappa shape index (κ2) is 8.84. The monoisotopic (exact) mass is 490 g/mol. The van der Waals surface area contributed by atoms with Crippen LogP contribution < -0.4 is 14.3 Å². The van der Waals surface area contributed by atoms with Crippen LogP contribution in [0.4, 0.5) is 20.6 Å². The highest BCUT2D eigenvalue weighted by molar-refractivity contribution is 7.91. The Labute approximate surface area is 199 Å². The molecule has 2 amide bonds. The zero-order chi connectivity index (χ0) is 24.0. The number of likely N-dealkylation sites (tertiary alicyclic amines) is 1. The Bertz CT molecular complexity index is 1180. The van der Waals surface area contributed by atoms with Gasteiger partial charge >= 0.3 is 16.2 Å². The van der Waals surface area contributed by atoms with Gasteiger partial charge in [-0.25, -0.2) is 18.2 Å². The molecule has 0 spiro atoms. The minimum Gasteiger partial charge on any atom is -0.307 e. The van der Waals surface area contributed by atoms with Crippen LogP contribution in [-0.4, -0.2) is 61.5 Å². The number of anilines is 2. The number of aryl methyl sites for hydroxylation is 3. The molecule has 3 aliphatic rings. The van der Waals surface area contributed by atoms with E-state index in [0.29, 0.717) is 5.69 Å². The number of fused-ring (bicyclic) bond motifs is 2. The van der Waals surface area contributed by atoms with Gasteiger partial charge in [0.25, 0.3) is 0 Å². The van der Waals surface area contributed by atoms with Crippen molar-refractivity contribution in [3.63, 3.8) is 0 Å². The number of carbonyl (C=O) groups excluding carboxylic acids is 1. The average molecular weight is 491 g/mol. The van der Waals surface area contributed by atoms with Crippen LogP contribution >= 0.6 is 0 Å². The molecule has 0 bridgehead atoms. The van der Waals surface area contributed by atoms with Crippen molar-refractivity contribution in [2.45, 2.75) is 57.2 Å². The molecule has 2 aliphatic carbocycles. The Morgan fingerprint density at radius 1 is 1.18 bits per heavy atom. The summed E-state index contributed by atoms with van der Waals surface area (Å²) in [7, 11) is -0.812. The van der Waals surface area contributed by atoms with Crippen molar-refractivity contribution in [2.24, 2.45) is 7.05 Å². The summed E-state index contributed by atoms with van der Waals surface area (Å²) in [6, 6.07) is 1.16. The van der Waals surface area contributed by atoms with Crippen LogP contribution in [0.15, 0.2) is 18.5 Å². The van der Waals surface area contributed by atoms with Gasteiger partial charge in [-0.3, -0.25) is 9.58 Å². The molecule has 2 N–H and O–H groups in total. The molecule has 0 saturated carbocycles. The van der Waals surface area contributed by atoms with E-state index in [0.717, 1.165) is 59.6 Å². The molecule has 34 heavy (non-hydrogen) atoms. The van der Waals surface area contributed by atoms with Gasteiger partial charge in [0, 0.05) is 31.5 Å². The van der Waals surface area contributed by atoms with Crippen LogP contribution in [-0.2, 0) is 42.9 Å². The van der Waals surface area contributed by atoms with Gasteiger partial charge in [-0.1, -0.05) is 6.07 Å². The molecule has 184 valence electrons. The number of hydrogen-bond acceptors (Lipinski definition) is 5. The maximum Gasteiger partial charge on any atom is 0.334 e. The van der Waals surface area contributed by atoms with Crippen LogP contribution in [0.5, 0.6) is 0 Å². The lowest BCUT2D eigenvalue weighted by Crippen LogP contribution is -2.49. The fourth-order valence-corrected chi connectivity index (χ4v) is 6.71. The van der Waals surface area contributed by atoms with Crippen molar-refractivity contribution < 1.29 is 17.6 Å². The summed E-state index contributed by atoms with van der Waals surface area (Å²) in [6.07, 6.45) is 8.01. The summed E-state index contributed by atoms with van der Waals surface area (Å²) < 4.78 is 45.5. The van der Waals surface area contributed by atoms with E-state index in [1.165, 1.54) is 22.0 Å². The zero-order valence-corrected chi connectivity index (χ0v) is 20.4. The highest BCUT2D eigenvalue weighted by Gasteiger charge is 2.35. The number of likely N-dealkylation sites (N-methyl/N-ethyl adjacent to an activating group) is 1. The fraction of sp³-hybridized carbons (Fsp3) is 0.565. The first kappa shape index (κ1) is 23.1. The quantitative estimate of drug-likeness (QED) is 0.648. The maximum absolute atomic E-state index is 13.9. The van der Waals surface area contributed by atoms with E-state index in [9.17, 15) is 17.6 Å². The van der Waals surface area contributed by atoms with Crippen molar-refractivity contribution in [3.05, 3.63) is 40.7 Å². The molecule has 1 aromatic heterocycles. The number of benzene rings is 1. The Balaban J connectivity index is 1.38. The van der Waals surface area contributed by atoms with Gasteiger partial charge in [-0.15, -0.1) is 0 Å². The Morgan fingerprint density at radius 3 is 2.41 bits per heavy atom. The normalized spacial score (nSPS) is 22.0. The second-order valence-electron chi connectivity index (χ2n) is 9.62. The van der Waals surface area contributed by atoms with E-state index in [1.807, 2.05) is 0 Å². The molecule has 2 atom stereocenters. The van der Waals surface area contributed by atoms with E-state index >= 15 is 0 Å².